The second-order valence-corrected chi connectivity index (χ2v) is 9.36. The summed E-state index contributed by atoms with van der Waals surface area (Å²) in [5.41, 5.74) is 4.71. The first-order valence-electron chi connectivity index (χ1n) is 12.0. The Labute approximate surface area is 181 Å². The number of rotatable bonds is 6. The normalized spacial score (nSPS) is 24.7. The van der Waals surface area contributed by atoms with Crippen LogP contribution in [0.5, 0.6) is 0 Å². The standard InChI is InChI=1S/C25H36N4O/c26-14-12-25(30)27-22-10-8-20(9-11-22)13-15-28-16-18-29(19-17-28)24-7-3-5-21-4-1-2-6-23(21)24/h3,5,7,20,22H,1-2,4,6,8-13,15-19H2,(H,27,30)/t20-,22-. The van der Waals surface area contributed by atoms with Crippen molar-refractivity contribution in [1.29, 1.82) is 5.26 Å². The third kappa shape index (κ3) is 5.35. The Bertz CT molecular complexity index is 755. The number of anilines is 1. The van der Waals surface area contributed by atoms with Crippen LogP contribution in [0, 0.1) is 17.2 Å². The van der Waals surface area contributed by atoms with Crippen LogP contribution in [0.2, 0.25) is 0 Å². The number of aryl methyl sites for hydroxylation is 1. The molecule has 30 heavy (non-hydrogen) atoms. The van der Waals surface area contributed by atoms with E-state index in [4.69, 9.17) is 5.26 Å². The maximum atomic E-state index is 11.6. The zero-order valence-corrected chi connectivity index (χ0v) is 18.2. The van der Waals surface area contributed by atoms with Crippen molar-refractivity contribution in [2.24, 2.45) is 5.92 Å². The van der Waals surface area contributed by atoms with E-state index in [1.54, 1.807) is 11.1 Å². The predicted octanol–water partition coefficient (Wildman–Crippen LogP) is 3.67. The summed E-state index contributed by atoms with van der Waals surface area (Å²) in [5.74, 6) is 0.673. The van der Waals surface area contributed by atoms with Gasteiger partial charge in [-0.1, -0.05) is 12.1 Å². The van der Waals surface area contributed by atoms with E-state index in [2.05, 4.69) is 33.3 Å². The number of nitriles is 1. The lowest BCUT2D eigenvalue weighted by Gasteiger charge is -2.38. The second kappa shape index (κ2) is 10.3. The highest BCUT2D eigenvalue weighted by molar-refractivity contribution is 5.78. The highest BCUT2D eigenvalue weighted by Crippen LogP contribution is 2.31. The van der Waals surface area contributed by atoms with E-state index < -0.39 is 0 Å². The molecule has 0 atom stereocenters. The van der Waals surface area contributed by atoms with Gasteiger partial charge in [-0.3, -0.25) is 9.69 Å². The van der Waals surface area contributed by atoms with Crippen LogP contribution in [0.15, 0.2) is 18.2 Å². The Morgan fingerprint density at radius 3 is 2.60 bits per heavy atom. The van der Waals surface area contributed by atoms with Gasteiger partial charge in [0.1, 0.15) is 6.42 Å². The number of carbonyl (C=O) groups excluding carboxylic acids is 1. The van der Waals surface area contributed by atoms with Gasteiger partial charge in [0.05, 0.1) is 6.07 Å². The van der Waals surface area contributed by atoms with Gasteiger partial charge in [0, 0.05) is 37.9 Å². The van der Waals surface area contributed by atoms with Crippen LogP contribution in [-0.4, -0.2) is 49.6 Å². The van der Waals surface area contributed by atoms with Gasteiger partial charge in [-0.25, -0.2) is 0 Å². The Hall–Kier alpha value is -2.06. The van der Waals surface area contributed by atoms with Gasteiger partial charge in [0.2, 0.25) is 5.91 Å². The van der Waals surface area contributed by atoms with Gasteiger partial charge >= 0.3 is 0 Å². The molecule has 1 aliphatic heterocycles. The molecule has 1 N–H and O–H groups in total. The summed E-state index contributed by atoms with van der Waals surface area (Å²) in [6.45, 7) is 5.84. The fourth-order valence-electron chi connectivity index (χ4n) is 5.58. The molecule has 3 aliphatic rings. The van der Waals surface area contributed by atoms with Gasteiger partial charge in [-0.15, -0.1) is 0 Å². The Morgan fingerprint density at radius 1 is 1.07 bits per heavy atom. The van der Waals surface area contributed by atoms with E-state index >= 15 is 0 Å². The molecule has 0 unspecified atom stereocenters. The number of nitrogens with one attached hydrogen (secondary N) is 1. The molecule has 2 aliphatic carbocycles. The fourth-order valence-corrected chi connectivity index (χ4v) is 5.58. The highest BCUT2D eigenvalue weighted by atomic mass is 16.1. The molecular weight excluding hydrogens is 372 g/mol. The van der Waals surface area contributed by atoms with Gasteiger partial charge in [-0.2, -0.15) is 5.26 Å². The van der Waals surface area contributed by atoms with Crippen LogP contribution in [0.1, 0.15) is 62.5 Å². The molecule has 0 aromatic heterocycles. The summed E-state index contributed by atoms with van der Waals surface area (Å²) in [6, 6.07) is 9.14. The van der Waals surface area contributed by atoms with Crippen molar-refractivity contribution in [2.75, 3.05) is 37.6 Å². The molecule has 4 rings (SSSR count). The molecule has 1 amide bonds. The summed E-state index contributed by atoms with van der Waals surface area (Å²) in [6.07, 6.45) is 11.0. The Balaban J connectivity index is 1.18. The first kappa shape index (κ1) is 21.2. The number of hydrogen-bond acceptors (Lipinski definition) is 4. The van der Waals surface area contributed by atoms with Gasteiger partial charge in [0.25, 0.3) is 0 Å². The largest absolute Gasteiger partial charge is 0.369 e. The van der Waals surface area contributed by atoms with Crippen molar-refractivity contribution in [3.63, 3.8) is 0 Å². The van der Waals surface area contributed by atoms with Crippen LogP contribution < -0.4 is 10.2 Å². The molecule has 1 aromatic carbocycles. The summed E-state index contributed by atoms with van der Waals surface area (Å²) in [5, 5.41) is 11.6. The van der Waals surface area contributed by atoms with Crippen molar-refractivity contribution in [3.8, 4) is 6.07 Å². The molecular formula is C25H36N4O. The first-order valence-corrected chi connectivity index (χ1v) is 12.0. The lowest BCUT2D eigenvalue weighted by Crippen LogP contribution is -2.47. The zero-order valence-electron chi connectivity index (χ0n) is 18.2. The minimum Gasteiger partial charge on any atom is -0.369 e. The van der Waals surface area contributed by atoms with Crippen LogP contribution >= 0.6 is 0 Å². The average Bonchev–Trinajstić information content (AvgIpc) is 2.79. The van der Waals surface area contributed by atoms with E-state index in [1.165, 1.54) is 70.3 Å². The summed E-state index contributed by atoms with van der Waals surface area (Å²) in [7, 11) is 0. The first-order chi connectivity index (χ1) is 14.7. The van der Waals surface area contributed by atoms with E-state index in [1.807, 2.05) is 6.07 Å². The quantitative estimate of drug-likeness (QED) is 0.780. The Kier molecular flexibility index (Phi) is 7.28. The number of fused-ring (bicyclic) bond motifs is 1. The van der Waals surface area contributed by atoms with E-state index in [0.29, 0.717) is 0 Å². The van der Waals surface area contributed by atoms with Gasteiger partial charge in [-0.05, 0) is 87.4 Å². The topological polar surface area (TPSA) is 59.4 Å². The number of carbonyl (C=O) groups is 1. The third-order valence-corrected chi connectivity index (χ3v) is 7.39. The summed E-state index contributed by atoms with van der Waals surface area (Å²) >= 11 is 0. The smallest absolute Gasteiger partial charge is 0.234 e. The maximum Gasteiger partial charge on any atom is 0.234 e. The second-order valence-electron chi connectivity index (χ2n) is 9.36. The van der Waals surface area contributed by atoms with Crippen molar-refractivity contribution >= 4 is 11.6 Å². The molecule has 2 fully saturated rings. The molecule has 0 radical (unpaired) electrons. The molecule has 0 spiro atoms. The average molecular weight is 409 g/mol. The highest BCUT2D eigenvalue weighted by Gasteiger charge is 2.25. The van der Waals surface area contributed by atoms with Crippen molar-refractivity contribution in [1.82, 2.24) is 10.2 Å². The van der Waals surface area contributed by atoms with Crippen molar-refractivity contribution in [2.45, 2.75) is 70.3 Å². The van der Waals surface area contributed by atoms with Crippen LogP contribution in [0.3, 0.4) is 0 Å². The number of piperazine rings is 1. The lowest BCUT2D eigenvalue weighted by molar-refractivity contribution is -0.121. The molecule has 0 bridgehead atoms. The molecule has 162 valence electrons. The Morgan fingerprint density at radius 2 is 1.83 bits per heavy atom. The van der Waals surface area contributed by atoms with Crippen LogP contribution in [-0.2, 0) is 17.6 Å². The SMILES string of the molecule is N#CCC(=O)N[C@H]1CC[C@H](CCN2CCN(c3cccc4c3CCCC4)CC2)CC1. The molecule has 1 aromatic rings. The van der Waals surface area contributed by atoms with Crippen LogP contribution in [0.25, 0.3) is 0 Å². The zero-order chi connectivity index (χ0) is 20.8. The number of hydrogen-bond donors (Lipinski definition) is 1. The number of benzene rings is 1. The predicted molar refractivity (Wildman–Crippen MR) is 120 cm³/mol. The monoisotopic (exact) mass is 408 g/mol. The van der Waals surface area contributed by atoms with E-state index in [-0.39, 0.29) is 18.4 Å². The molecule has 5 heteroatoms. The minimum absolute atomic E-state index is 0.0162. The van der Waals surface area contributed by atoms with Gasteiger partial charge in [0.15, 0.2) is 0 Å². The molecule has 5 nitrogen and oxygen atoms in total. The lowest BCUT2D eigenvalue weighted by atomic mass is 9.84. The fraction of sp³-hybridized carbons (Fsp3) is 0.680. The van der Waals surface area contributed by atoms with Crippen LogP contribution in [0.4, 0.5) is 5.69 Å². The van der Waals surface area contributed by atoms with E-state index in [0.717, 1.165) is 31.8 Å². The van der Waals surface area contributed by atoms with Crippen molar-refractivity contribution < 1.29 is 4.79 Å². The minimum atomic E-state index is -0.112. The number of amides is 1. The molecule has 1 heterocycles. The molecule has 1 saturated carbocycles. The molecule has 1 saturated heterocycles. The number of nitrogens with zero attached hydrogens (tertiary/aromatic N) is 3. The maximum absolute atomic E-state index is 11.6. The third-order valence-electron chi connectivity index (χ3n) is 7.39. The van der Waals surface area contributed by atoms with E-state index in [9.17, 15) is 4.79 Å². The summed E-state index contributed by atoms with van der Waals surface area (Å²) in [4.78, 5) is 16.9. The summed E-state index contributed by atoms with van der Waals surface area (Å²) < 4.78 is 0. The van der Waals surface area contributed by atoms with Crippen molar-refractivity contribution in [3.05, 3.63) is 29.3 Å². The van der Waals surface area contributed by atoms with Gasteiger partial charge < -0.3 is 10.2 Å².